The first kappa shape index (κ1) is 14.4. The number of carbonyl (C=O) groups excluding carboxylic acids is 1. The predicted molar refractivity (Wildman–Crippen MR) is 75.1 cm³/mol. The third-order valence-corrected chi connectivity index (χ3v) is 3.10. The smallest absolute Gasteiger partial charge is 0.242 e. The van der Waals surface area contributed by atoms with E-state index in [-0.39, 0.29) is 18.6 Å². The quantitative estimate of drug-likeness (QED) is 0.849. The second-order valence-electron chi connectivity index (χ2n) is 4.17. The third-order valence-electron chi connectivity index (χ3n) is 2.45. The molecule has 0 saturated carbocycles. The number of ether oxygens (including phenoxy) is 1. The van der Waals surface area contributed by atoms with Crippen LogP contribution in [0.15, 0.2) is 35.1 Å². The second kappa shape index (κ2) is 6.99. The van der Waals surface area contributed by atoms with E-state index < -0.39 is 0 Å². The molecule has 1 N–H and O–H groups in total. The Bertz CT molecular complexity index is 561. The van der Waals surface area contributed by atoms with Gasteiger partial charge in [0, 0.05) is 0 Å². The maximum atomic E-state index is 11.6. The van der Waals surface area contributed by atoms with Crippen molar-refractivity contribution in [3.05, 3.63) is 35.1 Å². The minimum Gasteiger partial charge on any atom is -0.488 e. The van der Waals surface area contributed by atoms with E-state index in [1.807, 2.05) is 31.2 Å². The zero-order valence-corrected chi connectivity index (χ0v) is 12.4. The Morgan fingerprint density at radius 2 is 2.30 bits per heavy atom. The van der Waals surface area contributed by atoms with Crippen LogP contribution in [0.25, 0.3) is 0 Å². The largest absolute Gasteiger partial charge is 0.488 e. The molecule has 7 nitrogen and oxygen atoms in total. The molecule has 0 aliphatic heterocycles. The normalized spacial score (nSPS) is 11.9. The van der Waals surface area contributed by atoms with E-state index >= 15 is 0 Å². The molecule has 0 aliphatic rings. The van der Waals surface area contributed by atoms with Crippen molar-refractivity contribution in [2.24, 2.45) is 0 Å². The SMILES string of the molecule is CC(CNC(=O)Cn1cnnn1)Oc1ccccc1Br. The minimum atomic E-state index is -0.167. The summed E-state index contributed by atoms with van der Waals surface area (Å²) < 4.78 is 7.96. The number of tetrazole rings is 1. The van der Waals surface area contributed by atoms with Crippen molar-refractivity contribution in [3.8, 4) is 5.75 Å². The highest BCUT2D eigenvalue weighted by Gasteiger charge is 2.09. The molecule has 0 aliphatic carbocycles. The lowest BCUT2D eigenvalue weighted by molar-refractivity contribution is -0.122. The molecule has 1 aromatic carbocycles. The lowest BCUT2D eigenvalue weighted by Gasteiger charge is -2.16. The van der Waals surface area contributed by atoms with E-state index in [0.29, 0.717) is 6.54 Å². The van der Waals surface area contributed by atoms with E-state index in [1.165, 1.54) is 11.0 Å². The van der Waals surface area contributed by atoms with Gasteiger partial charge in [-0.25, -0.2) is 4.68 Å². The van der Waals surface area contributed by atoms with Crippen LogP contribution in [0, 0.1) is 0 Å². The van der Waals surface area contributed by atoms with Crippen molar-refractivity contribution in [2.45, 2.75) is 19.6 Å². The predicted octanol–water partition coefficient (Wildman–Crippen LogP) is 1.02. The van der Waals surface area contributed by atoms with Gasteiger partial charge in [0.2, 0.25) is 5.91 Å². The van der Waals surface area contributed by atoms with Crippen molar-refractivity contribution >= 4 is 21.8 Å². The van der Waals surface area contributed by atoms with Crippen LogP contribution < -0.4 is 10.1 Å². The molecule has 106 valence electrons. The average Bonchev–Trinajstić information content (AvgIpc) is 2.92. The molecule has 1 aromatic heterocycles. The summed E-state index contributed by atoms with van der Waals surface area (Å²) in [5, 5.41) is 13.3. The van der Waals surface area contributed by atoms with Crippen LogP contribution in [0.2, 0.25) is 0 Å². The Morgan fingerprint density at radius 1 is 1.50 bits per heavy atom. The number of rotatable bonds is 6. The lowest BCUT2D eigenvalue weighted by atomic mass is 10.3. The number of para-hydroxylation sites is 1. The van der Waals surface area contributed by atoms with Crippen LogP contribution in [0.1, 0.15) is 6.92 Å². The molecule has 0 fully saturated rings. The highest BCUT2D eigenvalue weighted by molar-refractivity contribution is 9.10. The summed E-state index contributed by atoms with van der Waals surface area (Å²) in [6.07, 6.45) is 1.24. The number of hydrogen-bond acceptors (Lipinski definition) is 5. The molecule has 1 heterocycles. The van der Waals surface area contributed by atoms with E-state index in [2.05, 4.69) is 36.8 Å². The minimum absolute atomic E-state index is 0.0920. The van der Waals surface area contributed by atoms with Gasteiger partial charge in [0.1, 0.15) is 24.7 Å². The fourth-order valence-corrected chi connectivity index (χ4v) is 1.89. The molecule has 1 atom stereocenters. The van der Waals surface area contributed by atoms with Crippen LogP contribution in [0.4, 0.5) is 0 Å². The summed E-state index contributed by atoms with van der Waals surface area (Å²) in [7, 11) is 0. The van der Waals surface area contributed by atoms with Crippen LogP contribution in [-0.2, 0) is 11.3 Å². The van der Waals surface area contributed by atoms with Gasteiger partial charge in [-0.1, -0.05) is 12.1 Å². The summed E-state index contributed by atoms with van der Waals surface area (Å²) >= 11 is 3.41. The molecule has 1 amide bonds. The Balaban J connectivity index is 1.76. The van der Waals surface area contributed by atoms with Gasteiger partial charge in [-0.3, -0.25) is 4.79 Å². The molecule has 20 heavy (non-hydrogen) atoms. The van der Waals surface area contributed by atoms with Crippen molar-refractivity contribution in [2.75, 3.05) is 6.54 Å². The molecular weight excluding hydrogens is 326 g/mol. The van der Waals surface area contributed by atoms with E-state index in [9.17, 15) is 4.79 Å². The van der Waals surface area contributed by atoms with Crippen LogP contribution in [-0.4, -0.2) is 38.8 Å². The highest BCUT2D eigenvalue weighted by atomic mass is 79.9. The second-order valence-corrected chi connectivity index (χ2v) is 5.02. The van der Waals surface area contributed by atoms with Gasteiger partial charge < -0.3 is 10.1 Å². The van der Waals surface area contributed by atoms with Gasteiger partial charge in [0.05, 0.1) is 11.0 Å². The first-order valence-corrected chi connectivity index (χ1v) is 6.83. The number of amides is 1. The summed E-state index contributed by atoms with van der Waals surface area (Å²) in [5.74, 6) is 0.578. The first-order chi connectivity index (χ1) is 9.65. The Morgan fingerprint density at radius 3 is 3.00 bits per heavy atom. The monoisotopic (exact) mass is 339 g/mol. The fourth-order valence-electron chi connectivity index (χ4n) is 1.51. The van der Waals surface area contributed by atoms with Gasteiger partial charge in [-0.15, -0.1) is 5.10 Å². The average molecular weight is 340 g/mol. The standard InChI is InChI=1S/C12H14BrN5O2/c1-9(20-11-5-3-2-4-10(11)13)6-14-12(19)7-18-8-15-16-17-18/h2-5,8-9H,6-7H2,1H3,(H,14,19). The molecule has 2 rings (SSSR count). The fraction of sp³-hybridized carbons (Fsp3) is 0.333. The number of halogens is 1. The first-order valence-electron chi connectivity index (χ1n) is 6.04. The van der Waals surface area contributed by atoms with Crippen LogP contribution >= 0.6 is 15.9 Å². The maximum Gasteiger partial charge on any atom is 0.242 e. The van der Waals surface area contributed by atoms with Crippen molar-refractivity contribution in [1.29, 1.82) is 0 Å². The molecule has 1 unspecified atom stereocenters. The van der Waals surface area contributed by atoms with Crippen molar-refractivity contribution in [1.82, 2.24) is 25.5 Å². The number of nitrogens with zero attached hydrogens (tertiary/aromatic N) is 4. The number of hydrogen-bond donors (Lipinski definition) is 1. The van der Waals surface area contributed by atoms with Crippen LogP contribution in [0.3, 0.4) is 0 Å². The maximum absolute atomic E-state index is 11.6. The number of aromatic nitrogens is 4. The van der Waals surface area contributed by atoms with Gasteiger partial charge >= 0.3 is 0 Å². The zero-order valence-electron chi connectivity index (χ0n) is 10.9. The van der Waals surface area contributed by atoms with E-state index in [1.54, 1.807) is 0 Å². The van der Waals surface area contributed by atoms with Crippen LogP contribution in [0.5, 0.6) is 5.75 Å². The molecule has 0 spiro atoms. The lowest BCUT2D eigenvalue weighted by Crippen LogP contribution is -2.35. The summed E-state index contributed by atoms with van der Waals surface area (Å²) in [6.45, 7) is 2.38. The summed E-state index contributed by atoms with van der Waals surface area (Å²) in [5.41, 5.74) is 0. The number of benzene rings is 1. The topological polar surface area (TPSA) is 81.9 Å². The van der Waals surface area contributed by atoms with Crippen molar-refractivity contribution < 1.29 is 9.53 Å². The molecule has 8 heteroatoms. The van der Waals surface area contributed by atoms with Crippen molar-refractivity contribution in [3.63, 3.8) is 0 Å². The number of nitrogens with one attached hydrogen (secondary N) is 1. The van der Waals surface area contributed by atoms with Gasteiger partial charge in [-0.2, -0.15) is 0 Å². The Kier molecular flexibility index (Phi) is 5.05. The summed E-state index contributed by atoms with van der Waals surface area (Å²) in [4.78, 5) is 11.6. The molecular formula is C12H14BrN5O2. The molecule has 0 radical (unpaired) electrons. The van der Waals surface area contributed by atoms with Gasteiger partial charge in [0.25, 0.3) is 0 Å². The molecule has 0 saturated heterocycles. The summed E-state index contributed by atoms with van der Waals surface area (Å²) in [6, 6.07) is 7.57. The Hall–Kier alpha value is -1.96. The van der Waals surface area contributed by atoms with Gasteiger partial charge in [-0.05, 0) is 45.4 Å². The van der Waals surface area contributed by atoms with Gasteiger partial charge in [0.15, 0.2) is 0 Å². The molecule has 0 bridgehead atoms. The highest BCUT2D eigenvalue weighted by Crippen LogP contribution is 2.24. The third kappa shape index (κ3) is 4.30. The Labute approximate surface area is 124 Å². The number of carbonyl (C=O) groups is 1. The zero-order chi connectivity index (χ0) is 14.4. The van der Waals surface area contributed by atoms with E-state index in [4.69, 9.17) is 4.74 Å². The van der Waals surface area contributed by atoms with E-state index in [0.717, 1.165) is 10.2 Å². The molecule has 2 aromatic rings.